The lowest BCUT2D eigenvalue weighted by Gasteiger charge is -2.26. The number of nitrogens with two attached hydrogens (primary N) is 1. The van der Waals surface area contributed by atoms with Gasteiger partial charge in [-0.2, -0.15) is 0 Å². The molecule has 0 bridgehead atoms. The van der Waals surface area contributed by atoms with E-state index in [4.69, 9.17) is 5.73 Å². The smallest absolute Gasteiger partial charge is 0.151 e. The fourth-order valence-electron chi connectivity index (χ4n) is 2.96. The van der Waals surface area contributed by atoms with Crippen molar-refractivity contribution < 1.29 is 8.42 Å². The van der Waals surface area contributed by atoms with E-state index in [2.05, 4.69) is 11.9 Å². The molecule has 4 nitrogen and oxygen atoms in total. The molecule has 16 heavy (non-hydrogen) atoms. The minimum atomic E-state index is -2.75. The van der Waals surface area contributed by atoms with E-state index in [-0.39, 0.29) is 6.04 Å². The fraction of sp³-hybridized carbons (Fsp3) is 1.00. The molecule has 0 aromatic carbocycles. The molecular weight excluding hydrogens is 224 g/mol. The normalized spacial score (nSPS) is 38.3. The summed E-state index contributed by atoms with van der Waals surface area (Å²) < 4.78 is 22.8. The van der Waals surface area contributed by atoms with Gasteiger partial charge in [-0.25, -0.2) is 8.42 Å². The first-order valence-corrected chi connectivity index (χ1v) is 7.94. The third kappa shape index (κ3) is 2.96. The first-order valence-electron chi connectivity index (χ1n) is 6.12. The predicted octanol–water partition coefficient (Wildman–Crippen LogP) is 0.233. The van der Waals surface area contributed by atoms with E-state index in [9.17, 15) is 8.42 Å². The average Bonchev–Trinajstić information content (AvgIpc) is 2.72. The van der Waals surface area contributed by atoms with Gasteiger partial charge in [-0.3, -0.25) is 0 Å². The van der Waals surface area contributed by atoms with Gasteiger partial charge in [-0.15, -0.1) is 0 Å². The van der Waals surface area contributed by atoms with Crippen molar-refractivity contribution in [3.63, 3.8) is 0 Å². The van der Waals surface area contributed by atoms with Crippen molar-refractivity contribution in [1.82, 2.24) is 4.90 Å². The molecular formula is C11H22N2O2S. The lowest BCUT2D eigenvalue weighted by Crippen LogP contribution is -2.36. The Kier molecular flexibility index (Phi) is 3.56. The van der Waals surface area contributed by atoms with Crippen LogP contribution < -0.4 is 5.73 Å². The van der Waals surface area contributed by atoms with E-state index in [1.807, 2.05) is 0 Å². The zero-order valence-electron chi connectivity index (χ0n) is 9.93. The van der Waals surface area contributed by atoms with Gasteiger partial charge in [0, 0.05) is 18.6 Å². The molecule has 2 rings (SSSR count). The zero-order chi connectivity index (χ0) is 11.8. The van der Waals surface area contributed by atoms with Gasteiger partial charge in [0.05, 0.1) is 11.5 Å². The van der Waals surface area contributed by atoms with Crippen LogP contribution in [0.2, 0.25) is 0 Å². The van der Waals surface area contributed by atoms with Crippen molar-refractivity contribution in [3.8, 4) is 0 Å². The van der Waals surface area contributed by atoms with Crippen LogP contribution >= 0.6 is 0 Å². The molecule has 1 aliphatic carbocycles. The summed E-state index contributed by atoms with van der Waals surface area (Å²) in [4.78, 5) is 2.23. The van der Waals surface area contributed by atoms with Crippen molar-refractivity contribution in [2.75, 3.05) is 25.1 Å². The molecule has 0 aromatic heterocycles. The van der Waals surface area contributed by atoms with E-state index in [1.54, 1.807) is 0 Å². The van der Waals surface area contributed by atoms with Gasteiger partial charge in [0.1, 0.15) is 0 Å². The molecule has 0 amide bonds. The molecule has 3 unspecified atom stereocenters. The monoisotopic (exact) mass is 246 g/mol. The summed E-state index contributed by atoms with van der Waals surface area (Å²) in [6, 6.07) is 0.604. The number of hydrogen-bond donors (Lipinski definition) is 1. The SMILES string of the molecule is CN(CC1CCC(N)C1)C1CCS(=O)(=O)C1. The van der Waals surface area contributed by atoms with Crippen molar-refractivity contribution in [2.24, 2.45) is 11.7 Å². The minimum absolute atomic E-state index is 0.238. The maximum atomic E-state index is 11.4. The average molecular weight is 246 g/mol. The number of rotatable bonds is 3. The second kappa shape index (κ2) is 4.63. The summed E-state index contributed by atoms with van der Waals surface area (Å²) in [5, 5.41) is 0. The molecule has 2 fully saturated rings. The van der Waals surface area contributed by atoms with Crippen LogP contribution in [0.25, 0.3) is 0 Å². The summed E-state index contributed by atoms with van der Waals surface area (Å²) in [5.74, 6) is 1.39. The van der Waals surface area contributed by atoms with Crippen molar-refractivity contribution in [1.29, 1.82) is 0 Å². The third-order valence-electron chi connectivity index (χ3n) is 3.96. The van der Waals surface area contributed by atoms with Crippen LogP contribution in [-0.2, 0) is 9.84 Å². The Morgan fingerprint density at radius 1 is 1.31 bits per heavy atom. The van der Waals surface area contributed by atoms with Crippen LogP contribution in [0, 0.1) is 5.92 Å². The highest BCUT2D eigenvalue weighted by molar-refractivity contribution is 7.91. The molecule has 1 heterocycles. The molecule has 5 heteroatoms. The first kappa shape index (κ1) is 12.3. The molecule has 0 aromatic rings. The Morgan fingerprint density at radius 3 is 2.56 bits per heavy atom. The summed E-state index contributed by atoms with van der Waals surface area (Å²) in [6.45, 7) is 1.01. The molecule has 1 saturated carbocycles. The van der Waals surface area contributed by atoms with E-state index >= 15 is 0 Å². The molecule has 0 radical (unpaired) electrons. The Hall–Kier alpha value is -0.130. The molecule has 2 aliphatic rings. The largest absolute Gasteiger partial charge is 0.328 e. The topological polar surface area (TPSA) is 63.4 Å². The summed E-state index contributed by atoms with van der Waals surface area (Å²) in [5.41, 5.74) is 5.88. The molecule has 0 spiro atoms. The summed E-state index contributed by atoms with van der Waals surface area (Å²) in [7, 11) is -0.700. The Bertz CT molecular complexity index is 342. The zero-order valence-corrected chi connectivity index (χ0v) is 10.7. The van der Waals surface area contributed by atoms with E-state index in [0.717, 1.165) is 25.8 Å². The van der Waals surface area contributed by atoms with Crippen molar-refractivity contribution >= 4 is 9.84 Å². The second-order valence-corrected chi connectivity index (χ2v) is 7.66. The first-order chi connectivity index (χ1) is 7.46. The van der Waals surface area contributed by atoms with Gasteiger partial charge < -0.3 is 10.6 Å². The predicted molar refractivity (Wildman–Crippen MR) is 65.0 cm³/mol. The van der Waals surface area contributed by atoms with E-state index in [1.165, 1.54) is 6.42 Å². The second-order valence-electron chi connectivity index (χ2n) is 5.44. The number of nitrogens with zero attached hydrogens (tertiary/aromatic N) is 1. The Balaban J connectivity index is 1.82. The molecule has 94 valence electrons. The van der Waals surface area contributed by atoms with Gasteiger partial charge in [-0.1, -0.05) is 0 Å². The Labute approximate surface area is 98.1 Å². The van der Waals surface area contributed by atoms with E-state index < -0.39 is 9.84 Å². The van der Waals surface area contributed by atoms with Gasteiger partial charge >= 0.3 is 0 Å². The van der Waals surface area contributed by atoms with Crippen LogP contribution in [0.1, 0.15) is 25.7 Å². The number of hydrogen-bond acceptors (Lipinski definition) is 4. The van der Waals surface area contributed by atoms with Crippen LogP contribution in [-0.4, -0.2) is 50.5 Å². The lowest BCUT2D eigenvalue weighted by molar-refractivity contribution is 0.222. The Morgan fingerprint density at radius 2 is 2.06 bits per heavy atom. The maximum absolute atomic E-state index is 11.4. The van der Waals surface area contributed by atoms with Crippen LogP contribution in [0.15, 0.2) is 0 Å². The summed E-state index contributed by atoms with van der Waals surface area (Å²) in [6.07, 6.45) is 4.23. The van der Waals surface area contributed by atoms with E-state index in [0.29, 0.717) is 23.5 Å². The highest BCUT2D eigenvalue weighted by Crippen LogP contribution is 2.26. The fourth-order valence-corrected chi connectivity index (χ4v) is 4.76. The van der Waals surface area contributed by atoms with Gasteiger partial charge in [-0.05, 0) is 38.6 Å². The minimum Gasteiger partial charge on any atom is -0.328 e. The lowest BCUT2D eigenvalue weighted by atomic mass is 10.1. The van der Waals surface area contributed by atoms with Gasteiger partial charge in [0.2, 0.25) is 0 Å². The van der Waals surface area contributed by atoms with Gasteiger partial charge in [0.25, 0.3) is 0 Å². The highest BCUT2D eigenvalue weighted by atomic mass is 32.2. The van der Waals surface area contributed by atoms with Gasteiger partial charge in [0.15, 0.2) is 9.84 Å². The van der Waals surface area contributed by atoms with Crippen LogP contribution in [0.5, 0.6) is 0 Å². The highest BCUT2D eigenvalue weighted by Gasteiger charge is 2.32. The van der Waals surface area contributed by atoms with Crippen LogP contribution in [0.3, 0.4) is 0 Å². The van der Waals surface area contributed by atoms with Crippen molar-refractivity contribution in [2.45, 2.75) is 37.8 Å². The molecule has 2 N–H and O–H groups in total. The quantitative estimate of drug-likeness (QED) is 0.774. The van der Waals surface area contributed by atoms with Crippen LogP contribution in [0.4, 0.5) is 0 Å². The standard InChI is InChI=1S/C11H22N2O2S/c1-13(7-9-2-3-10(12)6-9)11-4-5-16(14,15)8-11/h9-11H,2-8,12H2,1H3. The number of sulfone groups is 1. The molecule has 1 saturated heterocycles. The molecule has 1 aliphatic heterocycles. The maximum Gasteiger partial charge on any atom is 0.151 e. The van der Waals surface area contributed by atoms with Crippen molar-refractivity contribution in [3.05, 3.63) is 0 Å². The molecule has 3 atom stereocenters. The third-order valence-corrected chi connectivity index (χ3v) is 5.71. The summed E-state index contributed by atoms with van der Waals surface area (Å²) >= 11 is 0.